The molecule has 0 unspecified atom stereocenters. The molecule has 0 fully saturated rings. The average molecular weight is 324 g/mol. The fourth-order valence-corrected chi connectivity index (χ4v) is 1.68. The molecule has 0 N–H and O–H groups in total. The maximum Gasteiger partial charge on any atom is 0.0964 e. The van der Waals surface area contributed by atoms with Crippen molar-refractivity contribution < 1.29 is 14.2 Å². The van der Waals surface area contributed by atoms with Gasteiger partial charge in [-0.25, -0.2) is 0 Å². The number of pyridine rings is 2. The van der Waals surface area contributed by atoms with E-state index >= 15 is 0 Å². The Labute approximate surface area is 109 Å². The first-order valence-electron chi connectivity index (χ1n) is 4.65. The van der Waals surface area contributed by atoms with Gasteiger partial charge >= 0.3 is 28.3 Å². The average Bonchev–Trinajstić information content (AvgIpc) is 2.41. The van der Waals surface area contributed by atoms with E-state index in [1.54, 1.807) is 12.4 Å². The summed E-state index contributed by atoms with van der Waals surface area (Å²) in [4.78, 5) is 8.69. The summed E-state index contributed by atoms with van der Waals surface area (Å²) in [6, 6.07) is 12.1. The van der Waals surface area contributed by atoms with E-state index in [2.05, 4.69) is 62.5 Å². The molecule has 16 heavy (non-hydrogen) atoms. The molecule has 0 spiro atoms. The van der Waals surface area contributed by atoms with E-state index in [4.69, 9.17) is 0 Å². The van der Waals surface area contributed by atoms with Gasteiger partial charge in [-0.1, -0.05) is 24.3 Å². The van der Waals surface area contributed by atoms with Crippen LogP contribution in [0.5, 0.6) is 0 Å². The second kappa shape index (κ2) is 5.39. The van der Waals surface area contributed by atoms with E-state index in [9.17, 15) is 0 Å². The Kier molecular flexibility index (Phi) is 3.88. The Morgan fingerprint density at radius 3 is 1.62 bits per heavy atom. The summed E-state index contributed by atoms with van der Waals surface area (Å²) in [5, 5.41) is 2.28. The van der Waals surface area contributed by atoms with Gasteiger partial charge in [0.05, 0.1) is 11.0 Å². The van der Waals surface area contributed by atoms with Gasteiger partial charge in [-0.3, -0.25) is 9.97 Å². The molecule has 3 rings (SSSR count). The van der Waals surface area contributed by atoms with Crippen LogP contribution in [0.1, 0.15) is 0 Å². The number of nitrogens with zero attached hydrogens (tertiary/aromatic N) is 2. The summed E-state index contributed by atoms with van der Waals surface area (Å²) >= 11 is 6.50. The third kappa shape index (κ3) is 2.09. The fraction of sp³-hybridized carbons (Fsp3) is 0. The van der Waals surface area contributed by atoms with Crippen molar-refractivity contribution >= 4 is 35.9 Å². The summed E-state index contributed by atoms with van der Waals surface area (Å²) in [7, 11) is 0. The van der Waals surface area contributed by atoms with Crippen LogP contribution in [0.15, 0.2) is 48.8 Å². The van der Waals surface area contributed by atoms with E-state index in [-0.39, 0.29) is 0 Å². The summed E-state index contributed by atoms with van der Waals surface area (Å²) in [6.07, 6.45) is 3.60. The predicted molar refractivity (Wildman–Crippen MR) is 66.0 cm³/mol. The predicted octanol–water partition coefficient (Wildman–Crippen LogP) is 3.63. The first-order chi connectivity index (χ1) is 7.95. The fourth-order valence-electron chi connectivity index (χ4n) is 1.68. The molecule has 2 aromatic heterocycles. The first kappa shape index (κ1) is 11.5. The van der Waals surface area contributed by atoms with E-state index < -0.39 is 0 Å². The number of rotatable bonds is 0. The molecule has 2 heterocycles. The van der Waals surface area contributed by atoms with Gasteiger partial charge in [0.1, 0.15) is 0 Å². The number of aromatic nitrogens is 2. The zero-order chi connectivity index (χ0) is 11.4. The number of fused-ring (bicyclic) bond motifs is 3. The summed E-state index contributed by atoms with van der Waals surface area (Å²) in [5.74, 6) is 0. The van der Waals surface area contributed by atoms with Gasteiger partial charge in [0, 0.05) is 23.2 Å². The Bertz CT molecular complexity index is 558. The monoisotopic (exact) mass is 322 g/mol. The van der Waals surface area contributed by atoms with Crippen molar-refractivity contribution in [2.45, 2.75) is 0 Å². The number of hydrogen-bond donors (Lipinski definition) is 0. The van der Waals surface area contributed by atoms with Crippen LogP contribution < -0.4 is 0 Å². The Balaban J connectivity index is 0.000000457. The largest absolute Gasteiger partial charge is 0.254 e. The molecule has 0 aliphatic carbocycles. The van der Waals surface area contributed by atoms with Crippen LogP contribution in [0.2, 0.25) is 0 Å². The van der Waals surface area contributed by atoms with Crippen LogP contribution in [0, 0.1) is 0 Å². The normalized spacial score (nSPS) is 9.94. The molecule has 3 aromatic rings. The van der Waals surface area contributed by atoms with E-state index in [0.717, 1.165) is 21.8 Å². The second-order valence-electron chi connectivity index (χ2n) is 3.22. The van der Waals surface area contributed by atoms with Crippen LogP contribution >= 0.6 is 14.1 Å². The van der Waals surface area contributed by atoms with Crippen molar-refractivity contribution in [3.8, 4) is 0 Å². The molecule has 0 radical (unpaired) electrons. The Morgan fingerprint density at radius 2 is 1.19 bits per heavy atom. The van der Waals surface area contributed by atoms with Crippen molar-refractivity contribution in [1.29, 1.82) is 0 Å². The van der Waals surface area contributed by atoms with Crippen LogP contribution in [0.25, 0.3) is 21.8 Å². The van der Waals surface area contributed by atoms with Gasteiger partial charge in [-0.2, -0.15) is 0 Å². The summed E-state index contributed by atoms with van der Waals surface area (Å²) < 4.78 is 0. The number of benzene rings is 1. The van der Waals surface area contributed by atoms with Crippen LogP contribution in [0.4, 0.5) is 0 Å². The SMILES string of the molecule is [Cu][Br].c1cnc2c(c1)ccc1cccnc12. The van der Waals surface area contributed by atoms with Crippen molar-refractivity contribution in [3.63, 3.8) is 0 Å². The Morgan fingerprint density at radius 1 is 0.750 bits per heavy atom. The maximum absolute atomic E-state index is 4.35. The van der Waals surface area contributed by atoms with Gasteiger partial charge in [0.2, 0.25) is 0 Å². The van der Waals surface area contributed by atoms with Crippen molar-refractivity contribution in [1.82, 2.24) is 9.97 Å². The summed E-state index contributed by atoms with van der Waals surface area (Å²) in [5.41, 5.74) is 1.95. The van der Waals surface area contributed by atoms with Gasteiger partial charge in [-0.15, -0.1) is 0 Å². The molecule has 84 valence electrons. The third-order valence-electron chi connectivity index (χ3n) is 2.34. The minimum atomic E-state index is 0.977. The van der Waals surface area contributed by atoms with Gasteiger partial charge in [-0.05, 0) is 12.1 Å². The Hall–Kier alpha value is -0.961. The summed E-state index contributed by atoms with van der Waals surface area (Å²) in [6.45, 7) is 0. The smallest absolute Gasteiger partial charge is 0.0964 e. The molecular weight excluding hydrogens is 316 g/mol. The van der Waals surface area contributed by atoms with Gasteiger partial charge in [0.15, 0.2) is 0 Å². The minimum Gasteiger partial charge on any atom is -0.254 e. The first-order valence-corrected chi connectivity index (χ1v) is 6.98. The third-order valence-corrected chi connectivity index (χ3v) is 2.34. The van der Waals surface area contributed by atoms with Crippen LogP contribution in [-0.2, 0) is 14.2 Å². The van der Waals surface area contributed by atoms with Crippen molar-refractivity contribution in [3.05, 3.63) is 48.8 Å². The van der Waals surface area contributed by atoms with E-state index in [1.165, 1.54) is 0 Å². The molecule has 0 atom stereocenters. The molecule has 0 saturated heterocycles. The van der Waals surface area contributed by atoms with Gasteiger partial charge in [0.25, 0.3) is 0 Å². The molecule has 4 heteroatoms. The number of hydrogen-bond acceptors (Lipinski definition) is 2. The molecule has 2 nitrogen and oxygen atoms in total. The molecule has 0 saturated carbocycles. The van der Waals surface area contributed by atoms with Crippen LogP contribution in [0.3, 0.4) is 0 Å². The topological polar surface area (TPSA) is 25.8 Å². The quantitative estimate of drug-likeness (QED) is 0.466. The molecule has 0 aliphatic heterocycles. The maximum atomic E-state index is 4.35. The molecular formula is C12H8BrCuN2. The molecule has 1 aromatic carbocycles. The standard InChI is InChI=1S/C12H8N2.BrH.Cu/c1-3-9-5-6-10-4-2-8-14-12(10)11(9)13-7-1;;/h1-8H;1H;/q;;+1/p-1. The van der Waals surface area contributed by atoms with Gasteiger partial charge < -0.3 is 0 Å². The van der Waals surface area contributed by atoms with E-state index in [1.807, 2.05) is 12.1 Å². The zero-order valence-corrected chi connectivity index (χ0v) is 10.7. The molecule has 0 amide bonds. The second-order valence-corrected chi connectivity index (χ2v) is 3.22. The van der Waals surface area contributed by atoms with Crippen molar-refractivity contribution in [2.24, 2.45) is 0 Å². The zero-order valence-electron chi connectivity index (χ0n) is 8.19. The van der Waals surface area contributed by atoms with Crippen LogP contribution in [-0.4, -0.2) is 9.97 Å². The van der Waals surface area contributed by atoms with Crippen molar-refractivity contribution in [2.75, 3.05) is 0 Å². The molecule has 0 bridgehead atoms. The minimum absolute atomic E-state index is 0.977. The van der Waals surface area contributed by atoms with E-state index in [0.29, 0.717) is 0 Å². The molecule has 0 aliphatic rings. The number of halogens is 1.